The molecule has 124 valence electrons. The molecule has 3 rings (SSSR count). The lowest BCUT2D eigenvalue weighted by molar-refractivity contribution is 0.0523. The number of hydrogen-bond acceptors (Lipinski definition) is 6. The lowest BCUT2D eigenvalue weighted by Crippen LogP contribution is -2.50. The van der Waals surface area contributed by atoms with Crippen LogP contribution < -0.4 is 0 Å². The van der Waals surface area contributed by atoms with Gasteiger partial charge in [-0.2, -0.15) is 4.37 Å². The van der Waals surface area contributed by atoms with E-state index in [9.17, 15) is 9.90 Å². The number of β-amino-alcohol motifs (C(OH)–C–C–N with tert-alkyl or cyclic N) is 1. The van der Waals surface area contributed by atoms with Gasteiger partial charge in [0.25, 0.3) is 5.91 Å². The van der Waals surface area contributed by atoms with Gasteiger partial charge in [-0.1, -0.05) is 6.92 Å². The molecule has 7 heteroatoms. The number of fused-ring (bicyclic) bond motifs is 1. The van der Waals surface area contributed by atoms with E-state index in [2.05, 4.69) is 14.3 Å². The number of piperazine rings is 1. The van der Waals surface area contributed by atoms with E-state index < -0.39 is 0 Å². The zero-order chi connectivity index (χ0) is 16.4. The Kier molecular flexibility index (Phi) is 4.89. The second-order valence-corrected chi connectivity index (χ2v) is 6.75. The smallest absolute Gasteiger partial charge is 0.255 e. The number of aliphatic hydroxyl groups is 1. The van der Waals surface area contributed by atoms with Crippen LogP contribution in [0.4, 0.5) is 0 Å². The van der Waals surface area contributed by atoms with Crippen molar-refractivity contribution in [3.05, 3.63) is 23.5 Å². The minimum absolute atomic E-state index is 0.0284. The molecule has 1 saturated heterocycles. The topological polar surface area (TPSA) is 69.6 Å². The first kappa shape index (κ1) is 16.3. The molecule has 1 fully saturated rings. The van der Waals surface area contributed by atoms with Gasteiger partial charge in [-0.15, -0.1) is 0 Å². The summed E-state index contributed by atoms with van der Waals surface area (Å²) >= 11 is 1.36. The summed E-state index contributed by atoms with van der Waals surface area (Å²) in [5.41, 5.74) is 1.55. The maximum atomic E-state index is 12.7. The van der Waals surface area contributed by atoms with Crippen molar-refractivity contribution in [1.29, 1.82) is 0 Å². The largest absolute Gasteiger partial charge is 0.392 e. The molecule has 0 aliphatic carbocycles. The summed E-state index contributed by atoms with van der Waals surface area (Å²) in [6.07, 6.45) is 2.13. The Balaban J connectivity index is 1.65. The van der Waals surface area contributed by atoms with Gasteiger partial charge in [0.05, 0.1) is 17.4 Å². The molecule has 1 unspecified atom stereocenters. The Morgan fingerprint density at radius 3 is 2.83 bits per heavy atom. The van der Waals surface area contributed by atoms with Crippen molar-refractivity contribution in [3.8, 4) is 0 Å². The molecule has 0 bridgehead atoms. The number of hydrogen-bond donors (Lipinski definition) is 1. The van der Waals surface area contributed by atoms with Crippen LogP contribution in [0.5, 0.6) is 0 Å². The van der Waals surface area contributed by atoms with E-state index in [0.29, 0.717) is 25.2 Å². The molecule has 1 amide bonds. The molecular formula is C16H22N4O2S. The van der Waals surface area contributed by atoms with Crippen LogP contribution in [0.25, 0.3) is 10.2 Å². The van der Waals surface area contributed by atoms with Gasteiger partial charge < -0.3 is 10.0 Å². The van der Waals surface area contributed by atoms with Gasteiger partial charge in [-0.05, 0) is 30.9 Å². The van der Waals surface area contributed by atoms with Crippen molar-refractivity contribution < 1.29 is 9.90 Å². The molecule has 1 atom stereocenters. The Hall–Kier alpha value is -1.57. The highest BCUT2D eigenvalue weighted by molar-refractivity contribution is 7.12. The number of pyridine rings is 1. The van der Waals surface area contributed by atoms with Gasteiger partial charge in [0, 0.05) is 44.3 Å². The molecule has 2 aromatic rings. The number of aliphatic hydroxyl groups excluding tert-OH is 1. The molecular weight excluding hydrogens is 312 g/mol. The molecule has 0 radical (unpaired) electrons. The number of aromatic nitrogens is 2. The number of carbonyl (C=O) groups is 1. The molecule has 3 heterocycles. The predicted molar refractivity (Wildman–Crippen MR) is 90.8 cm³/mol. The minimum Gasteiger partial charge on any atom is -0.392 e. The van der Waals surface area contributed by atoms with E-state index in [1.807, 2.05) is 24.8 Å². The number of amides is 1. The Morgan fingerprint density at radius 1 is 1.39 bits per heavy atom. The third-order valence-electron chi connectivity index (χ3n) is 4.36. The van der Waals surface area contributed by atoms with Crippen molar-refractivity contribution in [1.82, 2.24) is 19.2 Å². The zero-order valence-corrected chi connectivity index (χ0v) is 14.3. The van der Waals surface area contributed by atoms with E-state index in [0.717, 1.165) is 35.4 Å². The highest BCUT2D eigenvalue weighted by Crippen LogP contribution is 2.21. The van der Waals surface area contributed by atoms with Crippen LogP contribution in [-0.4, -0.2) is 69.0 Å². The van der Waals surface area contributed by atoms with Crippen LogP contribution in [0.15, 0.2) is 12.3 Å². The first-order valence-electron chi connectivity index (χ1n) is 8.00. The third-order valence-corrected chi connectivity index (χ3v) is 5.22. The Bertz CT molecular complexity index is 694. The first-order valence-corrected chi connectivity index (χ1v) is 8.77. The highest BCUT2D eigenvalue weighted by atomic mass is 32.1. The SMILES string of the molecule is CCC(O)CN1CCN(C(=O)c2cnc3snc(C)c3c2)CC1. The van der Waals surface area contributed by atoms with Crippen LogP contribution >= 0.6 is 11.5 Å². The standard InChI is InChI=1S/C16H22N4O2S/c1-3-13(21)10-19-4-6-20(7-5-19)16(22)12-8-14-11(2)18-23-15(14)17-9-12/h8-9,13,21H,3-7,10H2,1-2H3. The maximum Gasteiger partial charge on any atom is 0.255 e. The van der Waals surface area contributed by atoms with Gasteiger partial charge >= 0.3 is 0 Å². The molecule has 0 aromatic carbocycles. The van der Waals surface area contributed by atoms with Crippen molar-refractivity contribution in [2.75, 3.05) is 32.7 Å². The van der Waals surface area contributed by atoms with Crippen molar-refractivity contribution in [2.24, 2.45) is 0 Å². The Labute approximate surface area is 139 Å². The van der Waals surface area contributed by atoms with Gasteiger partial charge in [0.15, 0.2) is 0 Å². The fraction of sp³-hybridized carbons (Fsp3) is 0.562. The number of rotatable bonds is 4. The van der Waals surface area contributed by atoms with Gasteiger partial charge in [0.2, 0.25) is 0 Å². The number of aryl methyl sites for hydroxylation is 1. The second-order valence-electron chi connectivity index (χ2n) is 6.00. The summed E-state index contributed by atoms with van der Waals surface area (Å²) in [4.78, 5) is 22.0. The summed E-state index contributed by atoms with van der Waals surface area (Å²) in [6, 6.07) is 1.90. The average molecular weight is 334 g/mol. The predicted octanol–water partition coefficient (Wildman–Crippen LogP) is 1.53. The van der Waals surface area contributed by atoms with Crippen LogP contribution in [0, 0.1) is 6.92 Å². The van der Waals surface area contributed by atoms with Gasteiger partial charge in [-0.25, -0.2) is 4.98 Å². The quantitative estimate of drug-likeness (QED) is 0.918. The summed E-state index contributed by atoms with van der Waals surface area (Å²) in [7, 11) is 0. The molecule has 23 heavy (non-hydrogen) atoms. The molecule has 6 nitrogen and oxygen atoms in total. The first-order chi connectivity index (χ1) is 11.1. The van der Waals surface area contributed by atoms with Crippen molar-refractivity contribution in [2.45, 2.75) is 26.4 Å². The van der Waals surface area contributed by atoms with E-state index in [-0.39, 0.29) is 12.0 Å². The lowest BCUT2D eigenvalue weighted by atomic mass is 10.1. The van der Waals surface area contributed by atoms with E-state index >= 15 is 0 Å². The third kappa shape index (κ3) is 3.52. The molecule has 1 N–H and O–H groups in total. The number of carbonyl (C=O) groups excluding carboxylic acids is 1. The average Bonchev–Trinajstić information content (AvgIpc) is 2.95. The molecule has 1 aliphatic rings. The molecule has 0 saturated carbocycles. The van der Waals surface area contributed by atoms with E-state index in [1.54, 1.807) is 6.20 Å². The zero-order valence-electron chi connectivity index (χ0n) is 13.5. The summed E-state index contributed by atoms with van der Waals surface area (Å²) in [6.45, 7) is 7.59. The minimum atomic E-state index is -0.280. The van der Waals surface area contributed by atoms with Crippen LogP contribution in [0.1, 0.15) is 29.4 Å². The summed E-state index contributed by atoms with van der Waals surface area (Å²) in [5.74, 6) is 0.0284. The lowest BCUT2D eigenvalue weighted by Gasteiger charge is -2.35. The summed E-state index contributed by atoms with van der Waals surface area (Å²) < 4.78 is 4.28. The van der Waals surface area contributed by atoms with Crippen LogP contribution in [0.3, 0.4) is 0 Å². The van der Waals surface area contributed by atoms with Crippen LogP contribution in [0.2, 0.25) is 0 Å². The maximum absolute atomic E-state index is 12.7. The van der Waals surface area contributed by atoms with Gasteiger partial charge in [0.1, 0.15) is 4.83 Å². The summed E-state index contributed by atoms with van der Waals surface area (Å²) in [5, 5.41) is 10.7. The fourth-order valence-electron chi connectivity index (χ4n) is 2.81. The van der Waals surface area contributed by atoms with Crippen LogP contribution in [-0.2, 0) is 0 Å². The van der Waals surface area contributed by atoms with Crippen molar-refractivity contribution in [3.63, 3.8) is 0 Å². The molecule has 2 aromatic heterocycles. The second kappa shape index (κ2) is 6.90. The Morgan fingerprint density at radius 2 is 2.13 bits per heavy atom. The van der Waals surface area contributed by atoms with Crippen molar-refractivity contribution >= 4 is 27.7 Å². The van der Waals surface area contributed by atoms with Gasteiger partial charge in [-0.3, -0.25) is 9.69 Å². The van der Waals surface area contributed by atoms with E-state index in [4.69, 9.17) is 0 Å². The highest BCUT2D eigenvalue weighted by Gasteiger charge is 2.23. The fourth-order valence-corrected chi connectivity index (χ4v) is 3.53. The monoisotopic (exact) mass is 334 g/mol. The molecule has 1 aliphatic heterocycles. The number of nitrogens with zero attached hydrogens (tertiary/aromatic N) is 4. The van der Waals surface area contributed by atoms with E-state index in [1.165, 1.54) is 11.5 Å². The normalized spacial score (nSPS) is 17.6. The molecule has 0 spiro atoms.